The van der Waals surface area contributed by atoms with Gasteiger partial charge in [0.05, 0.1) is 6.10 Å². The van der Waals surface area contributed by atoms with E-state index in [9.17, 15) is 0 Å². The van der Waals surface area contributed by atoms with Crippen molar-refractivity contribution < 1.29 is 4.84 Å². The van der Waals surface area contributed by atoms with Crippen molar-refractivity contribution in [1.82, 2.24) is 5.48 Å². The first-order chi connectivity index (χ1) is 4.31. The highest BCUT2D eigenvalue weighted by atomic mass is 16.7. The first kappa shape index (κ1) is 8.92. The third-order valence-corrected chi connectivity index (χ3v) is 1.12. The molecular weight excluding hydrogens is 114 g/mol. The number of nitrogens with one attached hydrogen (secondary N) is 1. The molecule has 0 aliphatic rings. The van der Waals surface area contributed by atoms with E-state index >= 15 is 0 Å². The Morgan fingerprint density at radius 2 is 2.11 bits per heavy atom. The van der Waals surface area contributed by atoms with Crippen LogP contribution in [0.15, 0.2) is 0 Å². The average molecular weight is 131 g/mol. The summed E-state index contributed by atoms with van der Waals surface area (Å²) in [5, 5.41) is 0. The van der Waals surface area contributed by atoms with Gasteiger partial charge in [0, 0.05) is 6.54 Å². The van der Waals surface area contributed by atoms with Crippen LogP contribution < -0.4 is 5.48 Å². The van der Waals surface area contributed by atoms with Crippen molar-refractivity contribution in [2.24, 2.45) is 0 Å². The van der Waals surface area contributed by atoms with E-state index in [2.05, 4.69) is 19.3 Å². The lowest BCUT2D eigenvalue weighted by molar-refractivity contribution is -0.0163. The minimum Gasteiger partial charge on any atom is -0.299 e. The molecule has 0 fully saturated rings. The van der Waals surface area contributed by atoms with Crippen molar-refractivity contribution in [2.45, 2.75) is 39.7 Å². The van der Waals surface area contributed by atoms with Crippen molar-refractivity contribution in [2.75, 3.05) is 6.54 Å². The maximum Gasteiger partial charge on any atom is 0.0762 e. The molecule has 0 saturated carbocycles. The maximum absolute atomic E-state index is 5.18. The molecule has 0 rings (SSSR count). The highest BCUT2D eigenvalue weighted by Crippen LogP contribution is 1.97. The molecule has 0 aliphatic carbocycles. The normalized spacial score (nSPS) is 13.7. The minimum absolute atomic E-state index is 0.356. The Bertz CT molecular complexity index is 56.9. The molecule has 0 amide bonds. The summed E-state index contributed by atoms with van der Waals surface area (Å²) in [4.78, 5) is 5.18. The van der Waals surface area contributed by atoms with Crippen LogP contribution in [0.25, 0.3) is 0 Å². The standard InChI is InChI=1S/C7H17NO/c1-4-6-7(3)9-8-5-2/h7-8H,4-6H2,1-3H3. The molecule has 2 heteroatoms. The Hall–Kier alpha value is -0.0800. The number of hydrogen-bond donors (Lipinski definition) is 1. The largest absolute Gasteiger partial charge is 0.299 e. The zero-order valence-corrected chi connectivity index (χ0v) is 6.61. The van der Waals surface area contributed by atoms with Crippen LogP contribution in [-0.2, 0) is 4.84 Å². The summed E-state index contributed by atoms with van der Waals surface area (Å²) in [5.41, 5.74) is 2.83. The Balaban J connectivity index is 2.95. The van der Waals surface area contributed by atoms with Gasteiger partial charge < -0.3 is 0 Å². The van der Waals surface area contributed by atoms with Crippen molar-refractivity contribution in [3.05, 3.63) is 0 Å². The first-order valence-electron chi connectivity index (χ1n) is 3.69. The summed E-state index contributed by atoms with van der Waals surface area (Å²) in [6, 6.07) is 0. The molecule has 0 aliphatic heterocycles. The lowest BCUT2D eigenvalue weighted by atomic mass is 10.2. The molecule has 56 valence electrons. The van der Waals surface area contributed by atoms with Gasteiger partial charge >= 0.3 is 0 Å². The predicted octanol–water partition coefficient (Wildman–Crippen LogP) is 1.72. The Labute approximate surface area is 57.5 Å². The summed E-state index contributed by atoms with van der Waals surface area (Å²) in [7, 11) is 0. The molecular formula is C7H17NO. The molecule has 0 bridgehead atoms. The molecule has 0 heterocycles. The summed E-state index contributed by atoms with van der Waals surface area (Å²) < 4.78 is 0. The van der Waals surface area contributed by atoms with Crippen LogP contribution in [0, 0.1) is 0 Å². The zero-order valence-electron chi connectivity index (χ0n) is 6.61. The van der Waals surface area contributed by atoms with Crippen LogP contribution in [0.4, 0.5) is 0 Å². The van der Waals surface area contributed by atoms with Crippen molar-refractivity contribution in [3.63, 3.8) is 0 Å². The second-order valence-electron chi connectivity index (χ2n) is 2.22. The first-order valence-corrected chi connectivity index (χ1v) is 3.69. The monoisotopic (exact) mass is 131 g/mol. The van der Waals surface area contributed by atoms with Gasteiger partial charge in [0.2, 0.25) is 0 Å². The van der Waals surface area contributed by atoms with Gasteiger partial charge in [0.25, 0.3) is 0 Å². The number of rotatable bonds is 5. The fourth-order valence-electron chi connectivity index (χ4n) is 0.691. The molecule has 0 radical (unpaired) electrons. The van der Waals surface area contributed by atoms with Crippen LogP contribution in [-0.4, -0.2) is 12.6 Å². The Morgan fingerprint density at radius 3 is 2.56 bits per heavy atom. The zero-order chi connectivity index (χ0) is 7.11. The molecule has 0 aromatic carbocycles. The molecule has 0 saturated heterocycles. The second kappa shape index (κ2) is 6.05. The van der Waals surface area contributed by atoms with Gasteiger partial charge in [-0.05, 0) is 13.3 Å². The smallest absolute Gasteiger partial charge is 0.0762 e. The van der Waals surface area contributed by atoms with E-state index in [0.717, 1.165) is 13.0 Å². The molecule has 1 atom stereocenters. The SMILES string of the molecule is CCCC(C)ONCC. The second-order valence-corrected chi connectivity index (χ2v) is 2.22. The molecule has 1 N–H and O–H groups in total. The topological polar surface area (TPSA) is 21.3 Å². The number of hydrogen-bond acceptors (Lipinski definition) is 2. The fourth-order valence-corrected chi connectivity index (χ4v) is 0.691. The Morgan fingerprint density at radius 1 is 1.44 bits per heavy atom. The van der Waals surface area contributed by atoms with Crippen LogP contribution in [0.3, 0.4) is 0 Å². The molecule has 0 aromatic heterocycles. The van der Waals surface area contributed by atoms with E-state index in [1.807, 2.05) is 6.92 Å². The fraction of sp³-hybridized carbons (Fsp3) is 1.00. The van der Waals surface area contributed by atoms with Gasteiger partial charge in [-0.2, -0.15) is 0 Å². The highest BCUT2D eigenvalue weighted by Gasteiger charge is 1.97. The van der Waals surface area contributed by atoms with E-state index in [0.29, 0.717) is 6.10 Å². The van der Waals surface area contributed by atoms with Gasteiger partial charge in [-0.1, -0.05) is 20.3 Å². The minimum atomic E-state index is 0.356. The van der Waals surface area contributed by atoms with E-state index in [1.165, 1.54) is 6.42 Å². The summed E-state index contributed by atoms with van der Waals surface area (Å²) in [6.45, 7) is 7.14. The lowest BCUT2D eigenvalue weighted by Gasteiger charge is -2.10. The van der Waals surface area contributed by atoms with E-state index in [-0.39, 0.29) is 0 Å². The van der Waals surface area contributed by atoms with Gasteiger partial charge in [-0.25, -0.2) is 5.48 Å². The van der Waals surface area contributed by atoms with Crippen molar-refractivity contribution >= 4 is 0 Å². The van der Waals surface area contributed by atoms with Crippen LogP contribution in [0.1, 0.15) is 33.6 Å². The van der Waals surface area contributed by atoms with E-state index in [4.69, 9.17) is 4.84 Å². The van der Waals surface area contributed by atoms with Gasteiger partial charge in [0.1, 0.15) is 0 Å². The van der Waals surface area contributed by atoms with Crippen LogP contribution in [0.2, 0.25) is 0 Å². The lowest BCUT2D eigenvalue weighted by Crippen LogP contribution is -2.20. The Kier molecular flexibility index (Phi) is 5.99. The van der Waals surface area contributed by atoms with Crippen molar-refractivity contribution in [1.29, 1.82) is 0 Å². The van der Waals surface area contributed by atoms with Crippen LogP contribution in [0.5, 0.6) is 0 Å². The predicted molar refractivity (Wildman–Crippen MR) is 39.1 cm³/mol. The average Bonchev–Trinajstić information content (AvgIpc) is 1.85. The summed E-state index contributed by atoms with van der Waals surface area (Å²) >= 11 is 0. The molecule has 0 aromatic rings. The van der Waals surface area contributed by atoms with E-state index in [1.54, 1.807) is 0 Å². The van der Waals surface area contributed by atoms with E-state index < -0.39 is 0 Å². The van der Waals surface area contributed by atoms with Crippen molar-refractivity contribution in [3.8, 4) is 0 Å². The summed E-state index contributed by atoms with van der Waals surface area (Å²) in [5.74, 6) is 0. The molecule has 9 heavy (non-hydrogen) atoms. The van der Waals surface area contributed by atoms with Gasteiger partial charge in [-0.15, -0.1) is 0 Å². The maximum atomic E-state index is 5.18. The van der Waals surface area contributed by atoms with Crippen LogP contribution >= 0.6 is 0 Å². The molecule has 1 unspecified atom stereocenters. The van der Waals surface area contributed by atoms with Gasteiger partial charge in [-0.3, -0.25) is 4.84 Å². The molecule has 2 nitrogen and oxygen atoms in total. The number of hydroxylamine groups is 1. The third kappa shape index (κ3) is 5.80. The highest BCUT2D eigenvalue weighted by molar-refractivity contribution is 4.44. The quantitative estimate of drug-likeness (QED) is 0.573. The summed E-state index contributed by atoms with van der Waals surface area (Å²) in [6.07, 6.45) is 2.68. The molecule has 0 spiro atoms. The van der Waals surface area contributed by atoms with Gasteiger partial charge in [0.15, 0.2) is 0 Å². The third-order valence-electron chi connectivity index (χ3n) is 1.12.